The molecule has 0 aromatic heterocycles. The smallest absolute Gasteiger partial charge is 0.252 e. The minimum Gasteiger partial charge on any atom is -0.315 e. The minimum absolute atomic E-state index is 0.0875. The maximum Gasteiger partial charge on any atom is 0.252 e. The van der Waals surface area contributed by atoms with Gasteiger partial charge in [-0.25, -0.2) is 8.42 Å². The summed E-state index contributed by atoms with van der Waals surface area (Å²) in [6.07, 6.45) is 0.236. The van der Waals surface area contributed by atoms with Gasteiger partial charge in [-0.1, -0.05) is 59.8 Å². The second-order valence-electron chi connectivity index (χ2n) is 7.41. The van der Waals surface area contributed by atoms with Crippen LogP contribution in [0.5, 0.6) is 0 Å². The summed E-state index contributed by atoms with van der Waals surface area (Å²) in [7, 11) is -3.07. The molecule has 0 unspecified atom stereocenters. The Bertz CT molecular complexity index is 1050. The lowest BCUT2D eigenvalue weighted by molar-refractivity contribution is -0.117. The summed E-state index contributed by atoms with van der Waals surface area (Å²) >= 11 is 1.41. The van der Waals surface area contributed by atoms with Gasteiger partial charge in [-0.05, 0) is 31.0 Å². The van der Waals surface area contributed by atoms with Gasteiger partial charge in [-0.3, -0.25) is 4.79 Å². The van der Waals surface area contributed by atoms with Crippen LogP contribution < -0.4 is 4.90 Å². The van der Waals surface area contributed by atoms with E-state index in [0.717, 1.165) is 22.4 Å². The molecule has 2 aromatic carbocycles. The Morgan fingerprint density at radius 2 is 1.82 bits per heavy atom. The molecule has 0 radical (unpaired) electrons. The first-order valence-electron chi connectivity index (χ1n) is 9.21. The molecule has 0 aliphatic carbocycles. The van der Waals surface area contributed by atoms with E-state index in [4.69, 9.17) is 0 Å². The quantitative estimate of drug-likeness (QED) is 0.772. The molecule has 2 atom stereocenters. The highest BCUT2D eigenvalue weighted by Crippen LogP contribution is 2.41. The Labute approximate surface area is 169 Å². The number of anilines is 1. The summed E-state index contributed by atoms with van der Waals surface area (Å²) in [5.41, 5.74) is 4.02. The van der Waals surface area contributed by atoms with Crippen molar-refractivity contribution in [2.45, 2.75) is 31.6 Å². The summed E-state index contributed by atoms with van der Waals surface area (Å²) < 4.78 is 24.3. The van der Waals surface area contributed by atoms with Crippen LogP contribution >= 0.6 is 11.8 Å². The lowest BCUT2D eigenvalue weighted by Gasteiger charge is -2.26. The molecule has 28 heavy (non-hydrogen) atoms. The number of carbonyl (C=O) groups is 1. The van der Waals surface area contributed by atoms with E-state index in [1.54, 1.807) is 0 Å². The highest BCUT2D eigenvalue weighted by Gasteiger charge is 2.49. The SMILES string of the molecule is Cc1ccc(CC(=O)N=C2S[C@H]3CS(=O)(=O)C[C@H]3N2c2ccccc2C)cc1. The largest absolute Gasteiger partial charge is 0.315 e. The van der Waals surface area contributed by atoms with Gasteiger partial charge in [-0.2, -0.15) is 4.99 Å². The maximum absolute atomic E-state index is 12.6. The topological polar surface area (TPSA) is 66.8 Å². The number of aliphatic imine (C=N–C) groups is 1. The number of amides is 1. The zero-order valence-electron chi connectivity index (χ0n) is 15.8. The van der Waals surface area contributed by atoms with Crippen LogP contribution in [0.3, 0.4) is 0 Å². The molecule has 2 saturated heterocycles. The Balaban J connectivity index is 1.65. The molecule has 5 nitrogen and oxygen atoms in total. The lowest BCUT2D eigenvalue weighted by atomic mass is 10.1. The van der Waals surface area contributed by atoms with Crippen LogP contribution in [0, 0.1) is 13.8 Å². The van der Waals surface area contributed by atoms with Crippen LogP contribution in [0.15, 0.2) is 53.5 Å². The molecule has 1 amide bonds. The Hall–Kier alpha value is -2.12. The van der Waals surface area contributed by atoms with Gasteiger partial charge in [0.05, 0.1) is 24.0 Å². The van der Waals surface area contributed by atoms with Crippen LogP contribution in [0.4, 0.5) is 5.69 Å². The first-order valence-corrected chi connectivity index (χ1v) is 11.9. The van der Waals surface area contributed by atoms with Crippen molar-refractivity contribution < 1.29 is 13.2 Å². The highest BCUT2D eigenvalue weighted by atomic mass is 32.2. The fourth-order valence-corrected chi connectivity index (χ4v) is 7.63. The molecule has 7 heteroatoms. The average Bonchev–Trinajstić information content (AvgIpc) is 3.08. The molecule has 2 aliphatic heterocycles. The number of hydrogen-bond donors (Lipinski definition) is 0. The first-order chi connectivity index (χ1) is 13.3. The van der Waals surface area contributed by atoms with Gasteiger partial charge in [0.15, 0.2) is 15.0 Å². The zero-order chi connectivity index (χ0) is 19.9. The van der Waals surface area contributed by atoms with Gasteiger partial charge in [0.25, 0.3) is 5.91 Å². The molecule has 146 valence electrons. The normalized spacial score (nSPS) is 24.5. The third-order valence-corrected chi connectivity index (χ3v) is 8.35. The van der Waals surface area contributed by atoms with Gasteiger partial charge in [-0.15, -0.1) is 0 Å². The summed E-state index contributed by atoms with van der Waals surface area (Å²) in [4.78, 5) is 19.0. The Morgan fingerprint density at radius 3 is 2.54 bits per heavy atom. The van der Waals surface area contributed by atoms with Crippen molar-refractivity contribution in [2.24, 2.45) is 4.99 Å². The van der Waals surface area contributed by atoms with Crippen molar-refractivity contribution in [1.82, 2.24) is 0 Å². The number of benzene rings is 2. The molecule has 2 heterocycles. The van der Waals surface area contributed by atoms with Crippen molar-refractivity contribution >= 4 is 38.4 Å². The van der Waals surface area contributed by atoms with Gasteiger partial charge < -0.3 is 4.90 Å². The number of sulfone groups is 1. The summed E-state index contributed by atoms with van der Waals surface area (Å²) in [5.74, 6) is 0.0211. The van der Waals surface area contributed by atoms with Gasteiger partial charge in [0.2, 0.25) is 0 Å². The third-order valence-electron chi connectivity index (χ3n) is 5.14. The van der Waals surface area contributed by atoms with Crippen molar-refractivity contribution in [1.29, 1.82) is 0 Å². The molecule has 0 saturated carbocycles. The van der Waals surface area contributed by atoms with Crippen molar-refractivity contribution in [3.8, 4) is 0 Å². The Morgan fingerprint density at radius 1 is 1.11 bits per heavy atom. The molecular formula is C21H22N2O3S2. The molecule has 2 fully saturated rings. The summed E-state index contributed by atoms with van der Waals surface area (Å²) in [5, 5.41) is 0.520. The lowest BCUT2D eigenvalue weighted by Crippen LogP contribution is -2.38. The van der Waals surface area contributed by atoms with E-state index in [2.05, 4.69) is 4.99 Å². The number of fused-ring (bicyclic) bond motifs is 1. The van der Waals surface area contributed by atoms with Crippen LogP contribution in [-0.2, 0) is 21.1 Å². The van der Waals surface area contributed by atoms with Crippen LogP contribution in [-0.4, -0.2) is 42.3 Å². The summed E-state index contributed by atoms with van der Waals surface area (Å²) in [6.45, 7) is 4.00. The van der Waals surface area contributed by atoms with E-state index in [9.17, 15) is 13.2 Å². The molecule has 0 N–H and O–H groups in total. The average molecular weight is 415 g/mol. The molecule has 2 aromatic rings. The molecular weight excluding hydrogens is 392 g/mol. The predicted octanol–water partition coefficient (Wildman–Crippen LogP) is 3.15. The van der Waals surface area contributed by atoms with Gasteiger partial charge in [0, 0.05) is 10.9 Å². The molecule has 2 aliphatic rings. The number of nitrogens with zero attached hydrogens (tertiary/aromatic N) is 2. The van der Waals surface area contributed by atoms with Crippen LogP contribution in [0.1, 0.15) is 16.7 Å². The number of hydrogen-bond acceptors (Lipinski definition) is 4. The number of aryl methyl sites for hydroxylation is 2. The van der Waals surface area contributed by atoms with E-state index in [1.807, 2.05) is 67.3 Å². The number of thioether (sulfide) groups is 1. The van der Waals surface area contributed by atoms with Crippen molar-refractivity contribution in [3.63, 3.8) is 0 Å². The third kappa shape index (κ3) is 3.86. The van der Waals surface area contributed by atoms with E-state index in [-0.39, 0.29) is 35.1 Å². The highest BCUT2D eigenvalue weighted by molar-refractivity contribution is 8.16. The van der Waals surface area contributed by atoms with Crippen molar-refractivity contribution in [2.75, 3.05) is 16.4 Å². The molecule has 4 rings (SSSR count). The number of para-hydroxylation sites is 1. The molecule has 0 spiro atoms. The monoisotopic (exact) mass is 414 g/mol. The molecule has 0 bridgehead atoms. The van der Waals surface area contributed by atoms with Crippen molar-refractivity contribution in [3.05, 3.63) is 65.2 Å². The van der Waals surface area contributed by atoms with E-state index in [0.29, 0.717) is 5.17 Å². The summed E-state index contributed by atoms with van der Waals surface area (Å²) in [6, 6.07) is 15.5. The second-order valence-corrected chi connectivity index (χ2v) is 10.8. The van der Waals surface area contributed by atoms with E-state index in [1.165, 1.54) is 11.8 Å². The number of rotatable bonds is 3. The first kappa shape index (κ1) is 19.2. The minimum atomic E-state index is -3.07. The van der Waals surface area contributed by atoms with Crippen LogP contribution in [0.25, 0.3) is 0 Å². The predicted molar refractivity (Wildman–Crippen MR) is 115 cm³/mol. The number of carbonyl (C=O) groups excluding carboxylic acids is 1. The Kier molecular flexibility index (Phi) is 5.05. The van der Waals surface area contributed by atoms with E-state index >= 15 is 0 Å². The standard InChI is InChI=1S/C21H22N2O3S2/c1-14-7-9-16(10-8-14)11-20(24)22-21-23(17-6-4-3-5-15(17)2)18-12-28(25,26)13-19(18)27-21/h3-10,18-19H,11-13H2,1-2H3/t18-,19+/m1/s1. The zero-order valence-corrected chi connectivity index (χ0v) is 17.5. The maximum atomic E-state index is 12.6. The van der Waals surface area contributed by atoms with Crippen LogP contribution in [0.2, 0.25) is 0 Å². The fourth-order valence-electron chi connectivity index (χ4n) is 3.71. The van der Waals surface area contributed by atoms with Gasteiger partial charge in [0.1, 0.15) is 0 Å². The fraction of sp³-hybridized carbons (Fsp3) is 0.333. The van der Waals surface area contributed by atoms with Gasteiger partial charge >= 0.3 is 0 Å². The van der Waals surface area contributed by atoms with E-state index < -0.39 is 9.84 Å². The second kappa shape index (κ2) is 7.37. The number of amidine groups is 1.